The van der Waals surface area contributed by atoms with E-state index in [0.29, 0.717) is 6.04 Å². The Morgan fingerprint density at radius 2 is 2.06 bits per heavy atom. The summed E-state index contributed by atoms with van der Waals surface area (Å²) in [6.45, 7) is 4.69. The molecule has 0 bridgehead atoms. The smallest absolute Gasteiger partial charge is 0.0487 e. The highest BCUT2D eigenvalue weighted by molar-refractivity contribution is 9.10. The van der Waals surface area contributed by atoms with Crippen LogP contribution in [-0.4, -0.2) is 6.04 Å². The van der Waals surface area contributed by atoms with Gasteiger partial charge in [-0.1, -0.05) is 31.9 Å². The third-order valence-electron chi connectivity index (χ3n) is 3.73. The Kier molecular flexibility index (Phi) is 4.37. The maximum atomic E-state index is 5.95. The van der Waals surface area contributed by atoms with Crippen molar-refractivity contribution in [2.75, 3.05) is 5.32 Å². The van der Waals surface area contributed by atoms with Gasteiger partial charge in [0.1, 0.15) is 0 Å². The Morgan fingerprint density at radius 3 is 2.76 bits per heavy atom. The van der Waals surface area contributed by atoms with Gasteiger partial charge < -0.3 is 5.32 Å². The Morgan fingerprint density at radius 1 is 1.29 bits per heavy atom. The predicted molar refractivity (Wildman–Crippen MR) is 78.7 cm³/mol. The van der Waals surface area contributed by atoms with E-state index < -0.39 is 0 Å². The van der Waals surface area contributed by atoms with E-state index in [9.17, 15) is 0 Å². The number of hydrogen-bond donors (Lipinski definition) is 1. The molecule has 0 amide bonds. The Labute approximate surface area is 117 Å². The highest BCUT2D eigenvalue weighted by Gasteiger charge is 2.25. The lowest BCUT2D eigenvalue weighted by Crippen LogP contribution is -2.33. The molecule has 3 heteroatoms. The highest BCUT2D eigenvalue weighted by atomic mass is 79.9. The van der Waals surface area contributed by atoms with Crippen LogP contribution in [-0.2, 0) is 0 Å². The Balaban J connectivity index is 2.08. The average Bonchev–Trinajstić information content (AvgIpc) is 2.27. The summed E-state index contributed by atoms with van der Waals surface area (Å²) >= 11 is 9.52. The van der Waals surface area contributed by atoms with Gasteiger partial charge in [0.05, 0.1) is 0 Å². The van der Waals surface area contributed by atoms with Gasteiger partial charge in [-0.2, -0.15) is 0 Å². The monoisotopic (exact) mass is 315 g/mol. The van der Waals surface area contributed by atoms with Crippen molar-refractivity contribution in [3.05, 3.63) is 27.7 Å². The summed E-state index contributed by atoms with van der Waals surface area (Å²) in [5.41, 5.74) is 1.15. The van der Waals surface area contributed by atoms with Crippen molar-refractivity contribution in [1.29, 1.82) is 0 Å². The first-order valence-corrected chi connectivity index (χ1v) is 7.45. The van der Waals surface area contributed by atoms with Gasteiger partial charge >= 0.3 is 0 Å². The maximum Gasteiger partial charge on any atom is 0.0487 e. The van der Waals surface area contributed by atoms with Crippen molar-refractivity contribution in [2.45, 2.75) is 39.2 Å². The molecule has 2 rings (SSSR count). The van der Waals surface area contributed by atoms with E-state index in [4.69, 9.17) is 11.6 Å². The third kappa shape index (κ3) is 3.38. The molecule has 3 unspecified atom stereocenters. The standard InChI is InChI=1S/C14H19BrClN/c1-9-3-4-10(2)14(7-9)17-13-6-5-11(16)8-12(13)15/h5-6,8-10,14,17H,3-4,7H2,1-2H3. The van der Waals surface area contributed by atoms with Gasteiger partial charge in [-0.15, -0.1) is 0 Å². The quantitative estimate of drug-likeness (QED) is 0.776. The van der Waals surface area contributed by atoms with E-state index in [0.717, 1.165) is 27.0 Å². The van der Waals surface area contributed by atoms with Gasteiger partial charge in [0.25, 0.3) is 0 Å². The minimum atomic E-state index is 0.580. The molecule has 0 radical (unpaired) electrons. The molecule has 94 valence electrons. The number of hydrogen-bond acceptors (Lipinski definition) is 1. The lowest BCUT2D eigenvalue weighted by molar-refractivity contribution is 0.280. The lowest BCUT2D eigenvalue weighted by atomic mass is 9.80. The van der Waals surface area contributed by atoms with Crippen LogP contribution in [0.25, 0.3) is 0 Å². The summed E-state index contributed by atoms with van der Waals surface area (Å²) in [5, 5.41) is 4.42. The molecule has 1 aromatic rings. The van der Waals surface area contributed by atoms with Crippen LogP contribution in [0.2, 0.25) is 5.02 Å². The second kappa shape index (κ2) is 5.62. The summed E-state index contributed by atoms with van der Waals surface area (Å²) in [7, 11) is 0. The molecular formula is C14H19BrClN. The van der Waals surface area contributed by atoms with Crippen LogP contribution in [0, 0.1) is 11.8 Å². The van der Waals surface area contributed by atoms with Crippen LogP contribution in [0.1, 0.15) is 33.1 Å². The first-order chi connectivity index (χ1) is 8.06. The van der Waals surface area contributed by atoms with Crippen LogP contribution in [0.3, 0.4) is 0 Å². The van der Waals surface area contributed by atoms with E-state index >= 15 is 0 Å². The normalized spacial score (nSPS) is 29.1. The molecule has 0 saturated heterocycles. The van der Waals surface area contributed by atoms with E-state index in [-0.39, 0.29) is 0 Å². The van der Waals surface area contributed by atoms with Crippen LogP contribution in [0.15, 0.2) is 22.7 Å². The molecule has 0 heterocycles. The summed E-state index contributed by atoms with van der Waals surface area (Å²) in [6.07, 6.45) is 3.95. The molecule has 1 fully saturated rings. The van der Waals surface area contributed by atoms with Crippen molar-refractivity contribution >= 4 is 33.2 Å². The molecular weight excluding hydrogens is 298 g/mol. The van der Waals surface area contributed by atoms with E-state index in [2.05, 4.69) is 41.2 Å². The molecule has 0 aliphatic heterocycles. The zero-order valence-corrected chi connectivity index (χ0v) is 12.7. The number of halogens is 2. The summed E-state index contributed by atoms with van der Waals surface area (Å²) in [5.74, 6) is 1.57. The lowest BCUT2D eigenvalue weighted by Gasteiger charge is -2.34. The van der Waals surface area contributed by atoms with Gasteiger partial charge in [0.15, 0.2) is 0 Å². The predicted octanol–water partition coefficient (Wildman–Crippen LogP) is 5.34. The van der Waals surface area contributed by atoms with Crippen molar-refractivity contribution in [3.8, 4) is 0 Å². The van der Waals surface area contributed by atoms with Crippen molar-refractivity contribution in [3.63, 3.8) is 0 Å². The van der Waals surface area contributed by atoms with Gasteiger partial charge in [-0.25, -0.2) is 0 Å². The summed E-state index contributed by atoms with van der Waals surface area (Å²) < 4.78 is 1.05. The average molecular weight is 317 g/mol. The molecule has 1 saturated carbocycles. The molecule has 0 spiro atoms. The molecule has 1 aliphatic carbocycles. The fraction of sp³-hybridized carbons (Fsp3) is 0.571. The van der Waals surface area contributed by atoms with Gasteiger partial charge in [-0.3, -0.25) is 0 Å². The number of benzene rings is 1. The van der Waals surface area contributed by atoms with Gasteiger partial charge in [-0.05, 0) is 58.8 Å². The zero-order valence-electron chi connectivity index (χ0n) is 10.3. The second-order valence-electron chi connectivity index (χ2n) is 5.27. The summed E-state index contributed by atoms with van der Waals surface area (Å²) in [4.78, 5) is 0. The number of anilines is 1. The molecule has 1 aliphatic rings. The Bertz CT molecular complexity index is 394. The summed E-state index contributed by atoms with van der Waals surface area (Å²) in [6, 6.07) is 6.52. The zero-order chi connectivity index (χ0) is 12.4. The van der Waals surface area contributed by atoms with Crippen LogP contribution >= 0.6 is 27.5 Å². The molecule has 3 atom stereocenters. The van der Waals surface area contributed by atoms with Gasteiger partial charge in [0, 0.05) is 21.2 Å². The van der Waals surface area contributed by atoms with Crippen molar-refractivity contribution in [2.24, 2.45) is 11.8 Å². The molecule has 1 N–H and O–H groups in total. The van der Waals surface area contributed by atoms with E-state index in [1.54, 1.807) is 0 Å². The SMILES string of the molecule is CC1CCC(C)C(Nc2ccc(Cl)cc2Br)C1. The molecule has 1 aromatic carbocycles. The minimum absolute atomic E-state index is 0.580. The second-order valence-corrected chi connectivity index (χ2v) is 6.56. The first-order valence-electron chi connectivity index (χ1n) is 6.28. The minimum Gasteiger partial charge on any atom is -0.381 e. The van der Waals surface area contributed by atoms with Gasteiger partial charge in [0.2, 0.25) is 0 Å². The van der Waals surface area contributed by atoms with Crippen LogP contribution < -0.4 is 5.32 Å². The fourth-order valence-electron chi connectivity index (χ4n) is 2.54. The molecule has 17 heavy (non-hydrogen) atoms. The maximum absolute atomic E-state index is 5.95. The van der Waals surface area contributed by atoms with Crippen LogP contribution in [0.4, 0.5) is 5.69 Å². The first kappa shape index (κ1) is 13.2. The van der Waals surface area contributed by atoms with Crippen molar-refractivity contribution < 1.29 is 0 Å². The molecule has 1 nitrogen and oxygen atoms in total. The van der Waals surface area contributed by atoms with Crippen molar-refractivity contribution in [1.82, 2.24) is 0 Å². The topological polar surface area (TPSA) is 12.0 Å². The molecule has 0 aromatic heterocycles. The van der Waals surface area contributed by atoms with E-state index in [1.807, 2.05) is 12.1 Å². The Hall–Kier alpha value is -0.210. The highest BCUT2D eigenvalue weighted by Crippen LogP contribution is 2.33. The number of rotatable bonds is 2. The van der Waals surface area contributed by atoms with Crippen LogP contribution in [0.5, 0.6) is 0 Å². The fourth-order valence-corrected chi connectivity index (χ4v) is 3.34. The number of nitrogens with one attached hydrogen (secondary N) is 1. The van der Waals surface area contributed by atoms with E-state index in [1.165, 1.54) is 19.3 Å². The largest absolute Gasteiger partial charge is 0.381 e. The third-order valence-corrected chi connectivity index (χ3v) is 4.62.